The summed E-state index contributed by atoms with van der Waals surface area (Å²) in [6.07, 6.45) is 7.29. The maximum Gasteiger partial charge on any atom is 0.223 e. The van der Waals surface area contributed by atoms with Crippen LogP contribution in [-0.4, -0.2) is 47.2 Å². The molecule has 4 heteroatoms. The van der Waals surface area contributed by atoms with Gasteiger partial charge < -0.3 is 10.4 Å². The van der Waals surface area contributed by atoms with Crippen LogP contribution >= 0.6 is 0 Å². The molecule has 116 valence electrons. The molecule has 4 nitrogen and oxygen atoms in total. The topological polar surface area (TPSA) is 52.6 Å². The van der Waals surface area contributed by atoms with Gasteiger partial charge in [-0.2, -0.15) is 0 Å². The van der Waals surface area contributed by atoms with Crippen LogP contribution in [0, 0.1) is 5.92 Å². The Morgan fingerprint density at radius 2 is 1.90 bits per heavy atom. The fourth-order valence-corrected chi connectivity index (χ4v) is 3.42. The van der Waals surface area contributed by atoms with E-state index >= 15 is 0 Å². The minimum Gasteiger partial charge on any atom is -0.391 e. The van der Waals surface area contributed by atoms with Gasteiger partial charge in [-0.15, -0.1) is 0 Å². The van der Waals surface area contributed by atoms with Gasteiger partial charge in [-0.3, -0.25) is 9.69 Å². The molecular weight excluding hydrogens is 252 g/mol. The summed E-state index contributed by atoms with van der Waals surface area (Å²) in [5.74, 6) is 0.317. The quantitative estimate of drug-likeness (QED) is 0.828. The van der Waals surface area contributed by atoms with E-state index in [4.69, 9.17) is 0 Å². The van der Waals surface area contributed by atoms with E-state index in [-0.39, 0.29) is 17.9 Å². The van der Waals surface area contributed by atoms with Gasteiger partial charge in [0.15, 0.2) is 0 Å². The standard InChI is InChI=1S/C16H30N2O2/c1-3-12(2)16(20)17-13-8-10-18(11-9-13)14-6-4-5-7-15(14)19/h12-15,19H,3-11H2,1-2H3,(H,17,20). The average molecular weight is 282 g/mol. The zero-order valence-electron chi connectivity index (χ0n) is 13.0. The Morgan fingerprint density at radius 1 is 1.25 bits per heavy atom. The number of aliphatic hydroxyl groups excluding tert-OH is 1. The predicted octanol–water partition coefficient (Wildman–Crippen LogP) is 1.92. The van der Waals surface area contributed by atoms with Crippen molar-refractivity contribution in [1.82, 2.24) is 10.2 Å². The van der Waals surface area contributed by atoms with Crippen molar-refractivity contribution in [2.45, 2.75) is 77.0 Å². The molecule has 1 heterocycles. The molecule has 20 heavy (non-hydrogen) atoms. The SMILES string of the molecule is CCC(C)C(=O)NC1CCN(C2CCCCC2O)CC1. The molecule has 0 spiro atoms. The van der Waals surface area contributed by atoms with Crippen molar-refractivity contribution in [2.75, 3.05) is 13.1 Å². The van der Waals surface area contributed by atoms with Crippen molar-refractivity contribution >= 4 is 5.91 Å². The van der Waals surface area contributed by atoms with Crippen LogP contribution in [0.4, 0.5) is 0 Å². The number of rotatable bonds is 4. The second kappa shape index (κ2) is 7.41. The van der Waals surface area contributed by atoms with Gasteiger partial charge in [0, 0.05) is 31.1 Å². The predicted molar refractivity (Wildman–Crippen MR) is 80.5 cm³/mol. The van der Waals surface area contributed by atoms with Crippen molar-refractivity contribution < 1.29 is 9.90 Å². The summed E-state index contributed by atoms with van der Waals surface area (Å²) < 4.78 is 0. The van der Waals surface area contributed by atoms with Crippen LogP contribution in [0.1, 0.15) is 58.8 Å². The number of piperidine rings is 1. The Kier molecular flexibility index (Phi) is 5.85. The molecule has 2 rings (SSSR count). The van der Waals surface area contributed by atoms with Crippen LogP contribution in [0.2, 0.25) is 0 Å². The number of likely N-dealkylation sites (tertiary alicyclic amines) is 1. The molecule has 0 aromatic rings. The molecular formula is C16H30N2O2. The molecule has 1 aliphatic heterocycles. The number of carbonyl (C=O) groups is 1. The largest absolute Gasteiger partial charge is 0.391 e. The second-order valence-corrected chi connectivity index (χ2v) is 6.55. The molecule has 2 N–H and O–H groups in total. The number of amides is 1. The first kappa shape index (κ1) is 15.8. The monoisotopic (exact) mass is 282 g/mol. The summed E-state index contributed by atoms with van der Waals surface area (Å²) in [4.78, 5) is 14.4. The van der Waals surface area contributed by atoms with Crippen molar-refractivity contribution in [3.63, 3.8) is 0 Å². The van der Waals surface area contributed by atoms with Crippen LogP contribution < -0.4 is 5.32 Å². The first-order chi connectivity index (χ1) is 9.61. The summed E-state index contributed by atoms with van der Waals surface area (Å²) in [6, 6.07) is 0.684. The third kappa shape index (κ3) is 3.95. The van der Waals surface area contributed by atoms with Crippen LogP contribution in [0.5, 0.6) is 0 Å². The van der Waals surface area contributed by atoms with Crippen LogP contribution in [0.3, 0.4) is 0 Å². The Morgan fingerprint density at radius 3 is 2.50 bits per heavy atom. The van der Waals surface area contributed by atoms with Gasteiger partial charge in [0.05, 0.1) is 6.10 Å². The molecule has 3 unspecified atom stereocenters. The van der Waals surface area contributed by atoms with Gasteiger partial charge in [-0.05, 0) is 32.1 Å². The third-order valence-electron chi connectivity index (χ3n) is 5.10. The van der Waals surface area contributed by atoms with E-state index in [2.05, 4.69) is 17.1 Å². The van der Waals surface area contributed by atoms with Gasteiger partial charge >= 0.3 is 0 Å². The number of nitrogens with zero attached hydrogens (tertiary/aromatic N) is 1. The lowest BCUT2D eigenvalue weighted by molar-refractivity contribution is -0.125. The molecule has 0 radical (unpaired) electrons. The van der Waals surface area contributed by atoms with Crippen molar-refractivity contribution in [1.29, 1.82) is 0 Å². The highest BCUT2D eigenvalue weighted by Crippen LogP contribution is 2.25. The van der Waals surface area contributed by atoms with E-state index in [1.54, 1.807) is 0 Å². The Hall–Kier alpha value is -0.610. The van der Waals surface area contributed by atoms with Gasteiger partial charge in [0.25, 0.3) is 0 Å². The average Bonchev–Trinajstić information content (AvgIpc) is 2.48. The first-order valence-corrected chi connectivity index (χ1v) is 8.34. The van der Waals surface area contributed by atoms with Crippen LogP contribution in [0.25, 0.3) is 0 Å². The minimum absolute atomic E-state index is 0.119. The van der Waals surface area contributed by atoms with E-state index < -0.39 is 0 Å². The smallest absolute Gasteiger partial charge is 0.223 e. The molecule has 0 aromatic carbocycles. The van der Waals surface area contributed by atoms with Gasteiger partial charge in [0.1, 0.15) is 0 Å². The highest BCUT2D eigenvalue weighted by molar-refractivity contribution is 5.78. The summed E-state index contributed by atoms with van der Waals surface area (Å²) in [6.45, 7) is 6.06. The Bertz CT molecular complexity index is 314. The van der Waals surface area contributed by atoms with E-state index in [9.17, 15) is 9.90 Å². The number of nitrogens with one attached hydrogen (secondary N) is 1. The molecule has 0 aromatic heterocycles. The van der Waals surface area contributed by atoms with Gasteiger partial charge in [-0.25, -0.2) is 0 Å². The fourth-order valence-electron chi connectivity index (χ4n) is 3.42. The van der Waals surface area contributed by atoms with Gasteiger partial charge in [-0.1, -0.05) is 26.7 Å². The van der Waals surface area contributed by atoms with E-state index in [1.807, 2.05) is 6.92 Å². The zero-order valence-corrected chi connectivity index (χ0v) is 13.0. The van der Waals surface area contributed by atoms with E-state index in [1.165, 1.54) is 12.8 Å². The van der Waals surface area contributed by atoms with Crippen LogP contribution in [-0.2, 0) is 4.79 Å². The fraction of sp³-hybridized carbons (Fsp3) is 0.938. The molecule has 2 aliphatic rings. The lowest BCUT2D eigenvalue weighted by atomic mass is 9.89. The summed E-state index contributed by atoms with van der Waals surface area (Å²) >= 11 is 0. The number of hydrogen-bond donors (Lipinski definition) is 2. The third-order valence-corrected chi connectivity index (χ3v) is 5.10. The Balaban J connectivity index is 1.76. The highest BCUT2D eigenvalue weighted by atomic mass is 16.3. The Labute approximate surface area is 122 Å². The summed E-state index contributed by atoms with van der Waals surface area (Å²) in [5, 5.41) is 13.3. The molecule has 1 aliphatic carbocycles. The molecule has 1 saturated heterocycles. The lowest BCUT2D eigenvalue weighted by Crippen LogP contribution is -2.52. The van der Waals surface area contributed by atoms with Crippen molar-refractivity contribution in [3.05, 3.63) is 0 Å². The van der Waals surface area contributed by atoms with E-state index in [0.717, 1.165) is 45.2 Å². The van der Waals surface area contributed by atoms with Crippen molar-refractivity contribution in [3.8, 4) is 0 Å². The zero-order chi connectivity index (χ0) is 14.5. The maximum absolute atomic E-state index is 11.9. The summed E-state index contributed by atoms with van der Waals surface area (Å²) in [5.41, 5.74) is 0. The molecule has 1 saturated carbocycles. The molecule has 0 bridgehead atoms. The molecule has 2 fully saturated rings. The normalized spacial score (nSPS) is 30.9. The number of aliphatic hydroxyl groups is 1. The van der Waals surface area contributed by atoms with Crippen LogP contribution in [0.15, 0.2) is 0 Å². The van der Waals surface area contributed by atoms with E-state index in [0.29, 0.717) is 12.1 Å². The second-order valence-electron chi connectivity index (χ2n) is 6.55. The number of carbonyl (C=O) groups excluding carboxylic acids is 1. The molecule has 1 amide bonds. The highest BCUT2D eigenvalue weighted by Gasteiger charge is 2.31. The van der Waals surface area contributed by atoms with Crippen molar-refractivity contribution in [2.24, 2.45) is 5.92 Å². The summed E-state index contributed by atoms with van der Waals surface area (Å²) in [7, 11) is 0. The lowest BCUT2D eigenvalue weighted by Gasteiger charge is -2.41. The maximum atomic E-state index is 11.9. The first-order valence-electron chi connectivity index (χ1n) is 8.34. The molecule has 3 atom stereocenters. The number of hydrogen-bond acceptors (Lipinski definition) is 3. The minimum atomic E-state index is -0.144. The van der Waals surface area contributed by atoms with Gasteiger partial charge in [0.2, 0.25) is 5.91 Å².